The Morgan fingerprint density at radius 1 is 0.889 bits per heavy atom. The Hall–Kier alpha value is -3.32. The fraction of sp³-hybridized carbons (Fsp3) is 0.276. The van der Waals surface area contributed by atoms with Gasteiger partial charge in [-0.3, -0.25) is 9.80 Å². The summed E-state index contributed by atoms with van der Waals surface area (Å²) >= 11 is 6.43. The number of aromatic nitrogens is 4. The predicted molar refractivity (Wildman–Crippen MR) is 145 cm³/mol. The molecule has 0 unspecified atom stereocenters. The van der Waals surface area contributed by atoms with E-state index in [-0.39, 0.29) is 6.04 Å². The molecule has 0 bridgehead atoms. The van der Waals surface area contributed by atoms with Crippen LogP contribution in [0.3, 0.4) is 0 Å². The molecule has 4 aromatic rings. The second-order valence-corrected chi connectivity index (χ2v) is 9.73. The lowest BCUT2D eigenvalue weighted by molar-refractivity contribution is 0.113. The molecule has 36 heavy (non-hydrogen) atoms. The van der Waals surface area contributed by atoms with Crippen molar-refractivity contribution in [3.8, 4) is 5.69 Å². The zero-order valence-electron chi connectivity index (χ0n) is 20.8. The standard InChI is InChI=1S/C29H31ClN6/c1-22-9-6-10-23(2)27(22)36-29(31-32-33-36)28(25-14-7-15-26(30)21-25)35-19-17-34(18-20-35)16-8-13-24-11-4-3-5-12-24/h3-15,21,28H,16-20H2,1-2H3/b13-8+/t28-/m0/s1. The minimum absolute atomic E-state index is 0.0975. The van der Waals surface area contributed by atoms with E-state index in [9.17, 15) is 0 Å². The fourth-order valence-electron chi connectivity index (χ4n) is 4.97. The normalized spacial score (nSPS) is 16.0. The van der Waals surface area contributed by atoms with E-state index in [4.69, 9.17) is 11.6 Å². The lowest BCUT2D eigenvalue weighted by atomic mass is 10.0. The van der Waals surface area contributed by atoms with Crippen LogP contribution in [0.1, 0.15) is 34.1 Å². The first-order valence-corrected chi connectivity index (χ1v) is 12.8. The number of hydrogen-bond acceptors (Lipinski definition) is 5. The molecule has 7 heteroatoms. The van der Waals surface area contributed by atoms with Crippen LogP contribution in [0.15, 0.2) is 78.9 Å². The van der Waals surface area contributed by atoms with Gasteiger partial charge in [-0.15, -0.1) is 5.10 Å². The molecule has 2 heterocycles. The van der Waals surface area contributed by atoms with Gasteiger partial charge in [-0.05, 0) is 58.7 Å². The summed E-state index contributed by atoms with van der Waals surface area (Å²) in [6.07, 6.45) is 4.45. The van der Waals surface area contributed by atoms with Crippen molar-refractivity contribution in [2.75, 3.05) is 32.7 Å². The zero-order chi connectivity index (χ0) is 24.9. The van der Waals surface area contributed by atoms with Gasteiger partial charge in [-0.25, -0.2) is 0 Å². The molecule has 6 nitrogen and oxygen atoms in total. The van der Waals surface area contributed by atoms with Gasteiger partial charge in [0.25, 0.3) is 0 Å². The number of benzene rings is 3. The Bertz CT molecular complexity index is 1300. The van der Waals surface area contributed by atoms with Crippen molar-refractivity contribution in [3.63, 3.8) is 0 Å². The van der Waals surface area contributed by atoms with Gasteiger partial charge in [-0.1, -0.05) is 84.4 Å². The van der Waals surface area contributed by atoms with Crippen molar-refractivity contribution in [3.05, 3.63) is 112 Å². The van der Waals surface area contributed by atoms with Crippen molar-refractivity contribution in [1.29, 1.82) is 0 Å². The summed E-state index contributed by atoms with van der Waals surface area (Å²) in [4.78, 5) is 4.96. The lowest BCUT2D eigenvalue weighted by Gasteiger charge is -2.38. The summed E-state index contributed by atoms with van der Waals surface area (Å²) in [6, 6.07) is 24.7. The summed E-state index contributed by atoms with van der Waals surface area (Å²) in [5, 5.41) is 13.8. The smallest absolute Gasteiger partial charge is 0.178 e. The number of rotatable bonds is 7. The largest absolute Gasteiger partial charge is 0.297 e. The van der Waals surface area contributed by atoms with E-state index in [2.05, 4.69) is 99.9 Å². The molecule has 1 atom stereocenters. The minimum Gasteiger partial charge on any atom is -0.297 e. The maximum Gasteiger partial charge on any atom is 0.178 e. The average molecular weight is 499 g/mol. The molecule has 3 aromatic carbocycles. The van der Waals surface area contributed by atoms with Gasteiger partial charge in [0.15, 0.2) is 5.82 Å². The van der Waals surface area contributed by atoms with Gasteiger partial charge in [0.1, 0.15) is 0 Å². The van der Waals surface area contributed by atoms with Crippen molar-refractivity contribution in [2.24, 2.45) is 0 Å². The molecule has 0 aliphatic carbocycles. The monoisotopic (exact) mass is 498 g/mol. The molecule has 5 rings (SSSR count). The lowest BCUT2D eigenvalue weighted by Crippen LogP contribution is -2.48. The quantitative estimate of drug-likeness (QED) is 0.343. The first kappa shape index (κ1) is 24.4. The van der Waals surface area contributed by atoms with Crippen molar-refractivity contribution in [2.45, 2.75) is 19.9 Å². The average Bonchev–Trinajstić information content (AvgIpc) is 3.34. The number of nitrogens with zero attached hydrogens (tertiary/aromatic N) is 6. The number of piperazine rings is 1. The summed E-state index contributed by atoms with van der Waals surface area (Å²) in [6.45, 7) is 8.91. The maximum absolute atomic E-state index is 6.43. The first-order valence-electron chi connectivity index (χ1n) is 12.4. The Labute approximate surface area is 217 Å². The summed E-state index contributed by atoms with van der Waals surface area (Å²) < 4.78 is 1.91. The summed E-state index contributed by atoms with van der Waals surface area (Å²) in [5.41, 5.74) is 5.65. The predicted octanol–water partition coefficient (Wildman–Crippen LogP) is 5.35. The van der Waals surface area contributed by atoms with E-state index < -0.39 is 0 Å². The highest BCUT2D eigenvalue weighted by Gasteiger charge is 2.31. The van der Waals surface area contributed by atoms with Crippen molar-refractivity contribution < 1.29 is 0 Å². The summed E-state index contributed by atoms with van der Waals surface area (Å²) in [5.74, 6) is 0.812. The third kappa shape index (κ3) is 5.41. The Morgan fingerprint density at radius 3 is 2.33 bits per heavy atom. The van der Waals surface area contributed by atoms with Gasteiger partial charge < -0.3 is 0 Å². The Kier molecular flexibility index (Phi) is 7.56. The van der Waals surface area contributed by atoms with Crippen LogP contribution in [0.2, 0.25) is 5.02 Å². The van der Waals surface area contributed by atoms with E-state index in [0.29, 0.717) is 5.02 Å². The van der Waals surface area contributed by atoms with E-state index in [1.807, 2.05) is 28.9 Å². The molecule has 0 amide bonds. The third-order valence-electron chi connectivity index (χ3n) is 6.80. The molecule has 0 saturated carbocycles. The van der Waals surface area contributed by atoms with E-state index in [1.54, 1.807) is 0 Å². The van der Waals surface area contributed by atoms with Crippen LogP contribution >= 0.6 is 11.6 Å². The number of para-hydroxylation sites is 1. The molecule has 0 spiro atoms. The second-order valence-electron chi connectivity index (χ2n) is 9.30. The fourth-order valence-corrected chi connectivity index (χ4v) is 5.17. The second kappa shape index (κ2) is 11.2. The maximum atomic E-state index is 6.43. The highest BCUT2D eigenvalue weighted by atomic mass is 35.5. The Balaban J connectivity index is 1.39. The van der Waals surface area contributed by atoms with Gasteiger partial charge in [0, 0.05) is 37.7 Å². The SMILES string of the molecule is Cc1cccc(C)c1-n1nnnc1[C@H](c1cccc(Cl)c1)N1CCN(C/C=C/c2ccccc2)CC1. The molecule has 1 aliphatic rings. The van der Waals surface area contributed by atoms with Gasteiger partial charge in [-0.2, -0.15) is 4.68 Å². The number of halogens is 1. The minimum atomic E-state index is -0.0975. The Morgan fingerprint density at radius 2 is 1.61 bits per heavy atom. The molecule has 1 fully saturated rings. The van der Waals surface area contributed by atoms with E-state index in [0.717, 1.165) is 60.9 Å². The van der Waals surface area contributed by atoms with Crippen molar-refractivity contribution in [1.82, 2.24) is 30.0 Å². The molecule has 1 aliphatic heterocycles. The van der Waals surface area contributed by atoms with Crippen LogP contribution < -0.4 is 0 Å². The molecular weight excluding hydrogens is 468 g/mol. The number of tetrazole rings is 1. The highest BCUT2D eigenvalue weighted by Crippen LogP contribution is 2.32. The summed E-state index contributed by atoms with van der Waals surface area (Å²) in [7, 11) is 0. The van der Waals surface area contributed by atoms with E-state index >= 15 is 0 Å². The van der Waals surface area contributed by atoms with Gasteiger partial charge in [0.2, 0.25) is 0 Å². The van der Waals surface area contributed by atoms with Crippen LogP contribution in [0.4, 0.5) is 0 Å². The molecular formula is C29H31ClN6. The molecule has 1 saturated heterocycles. The molecule has 184 valence electrons. The zero-order valence-corrected chi connectivity index (χ0v) is 21.5. The topological polar surface area (TPSA) is 50.1 Å². The first-order chi connectivity index (χ1) is 17.6. The van der Waals surface area contributed by atoms with Crippen LogP contribution in [-0.4, -0.2) is 62.7 Å². The molecule has 1 aromatic heterocycles. The van der Waals surface area contributed by atoms with Crippen LogP contribution in [0.25, 0.3) is 11.8 Å². The van der Waals surface area contributed by atoms with Crippen LogP contribution in [0, 0.1) is 13.8 Å². The van der Waals surface area contributed by atoms with Crippen LogP contribution in [0.5, 0.6) is 0 Å². The van der Waals surface area contributed by atoms with Gasteiger partial charge >= 0.3 is 0 Å². The highest BCUT2D eigenvalue weighted by molar-refractivity contribution is 6.30. The van der Waals surface area contributed by atoms with Crippen LogP contribution in [-0.2, 0) is 0 Å². The molecule has 0 radical (unpaired) electrons. The van der Waals surface area contributed by atoms with E-state index in [1.165, 1.54) is 5.56 Å². The molecule has 0 N–H and O–H groups in total. The number of hydrogen-bond donors (Lipinski definition) is 0. The third-order valence-corrected chi connectivity index (χ3v) is 7.03. The van der Waals surface area contributed by atoms with Crippen molar-refractivity contribution >= 4 is 17.7 Å². The number of aryl methyl sites for hydroxylation is 2. The van der Waals surface area contributed by atoms with Gasteiger partial charge in [0.05, 0.1) is 11.7 Å².